The number of carbonyl (C=O) groups is 1. The topological polar surface area (TPSA) is 104 Å². The predicted octanol–water partition coefficient (Wildman–Crippen LogP) is 1.81. The van der Waals surface area contributed by atoms with Gasteiger partial charge >= 0.3 is 5.97 Å². The lowest BCUT2D eigenvalue weighted by Crippen LogP contribution is -2.44. The van der Waals surface area contributed by atoms with Gasteiger partial charge < -0.3 is 10.2 Å². The first-order valence-electron chi connectivity index (χ1n) is 6.55. The van der Waals surface area contributed by atoms with Crippen molar-refractivity contribution in [2.75, 3.05) is 0 Å². The highest BCUT2D eigenvalue weighted by Crippen LogP contribution is 2.20. The van der Waals surface area contributed by atoms with Gasteiger partial charge in [-0.2, -0.15) is 4.72 Å². The van der Waals surface area contributed by atoms with Crippen molar-refractivity contribution in [3.8, 4) is 0 Å². The zero-order valence-corrected chi connectivity index (χ0v) is 13.3. The summed E-state index contributed by atoms with van der Waals surface area (Å²) >= 11 is 5.70. The molecule has 0 aromatic heterocycles. The summed E-state index contributed by atoms with van der Waals surface area (Å²) in [6, 6.07) is 11.5. The Labute approximate surface area is 138 Å². The SMILES string of the molecule is O=C(O)C(NS(=O)(=O)c1ccc(Cl)cc1)C(O)c1ccccc1. The van der Waals surface area contributed by atoms with Crippen molar-refractivity contribution < 1.29 is 23.4 Å². The summed E-state index contributed by atoms with van der Waals surface area (Å²) < 4.78 is 26.5. The molecule has 6 nitrogen and oxygen atoms in total. The van der Waals surface area contributed by atoms with E-state index in [1.807, 2.05) is 4.72 Å². The Morgan fingerprint density at radius 3 is 2.13 bits per heavy atom. The largest absolute Gasteiger partial charge is 0.480 e. The highest BCUT2D eigenvalue weighted by Gasteiger charge is 2.32. The Kier molecular flexibility index (Phi) is 5.38. The number of nitrogens with one attached hydrogen (secondary N) is 1. The number of hydrogen-bond acceptors (Lipinski definition) is 4. The van der Waals surface area contributed by atoms with E-state index in [9.17, 15) is 23.4 Å². The van der Waals surface area contributed by atoms with Crippen molar-refractivity contribution in [3.05, 3.63) is 65.2 Å². The number of aliphatic hydroxyl groups is 1. The van der Waals surface area contributed by atoms with E-state index in [0.29, 0.717) is 10.6 Å². The Hall–Kier alpha value is -1.93. The fraction of sp³-hybridized carbons (Fsp3) is 0.133. The van der Waals surface area contributed by atoms with Gasteiger partial charge in [-0.25, -0.2) is 8.42 Å². The quantitative estimate of drug-likeness (QED) is 0.733. The minimum Gasteiger partial charge on any atom is -0.480 e. The normalized spacial score (nSPS) is 14.2. The molecule has 0 saturated heterocycles. The molecule has 122 valence electrons. The van der Waals surface area contributed by atoms with Gasteiger partial charge in [0.2, 0.25) is 10.0 Å². The maximum atomic E-state index is 12.3. The number of carboxylic acid groups (broad SMARTS) is 1. The van der Waals surface area contributed by atoms with Gasteiger partial charge in [0.25, 0.3) is 0 Å². The molecule has 0 heterocycles. The lowest BCUT2D eigenvalue weighted by atomic mass is 10.0. The molecule has 0 amide bonds. The van der Waals surface area contributed by atoms with Gasteiger partial charge in [0.15, 0.2) is 0 Å². The zero-order chi connectivity index (χ0) is 17.0. The molecule has 0 fully saturated rings. The van der Waals surface area contributed by atoms with Crippen LogP contribution < -0.4 is 4.72 Å². The maximum Gasteiger partial charge on any atom is 0.324 e. The third kappa shape index (κ3) is 4.29. The average Bonchev–Trinajstić information content (AvgIpc) is 2.53. The predicted molar refractivity (Wildman–Crippen MR) is 84.6 cm³/mol. The van der Waals surface area contributed by atoms with E-state index in [1.165, 1.54) is 36.4 Å². The molecule has 0 aliphatic rings. The number of hydrogen-bond donors (Lipinski definition) is 3. The minimum atomic E-state index is -4.12. The molecule has 0 spiro atoms. The van der Waals surface area contributed by atoms with Crippen LogP contribution in [0.25, 0.3) is 0 Å². The number of aliphatic carboxylic acids is 1. The maximum absolute atomic E-state index is 12.3. The first-order valence-corrected chi connectivity index (χ1v) is 8.41. The molecule has 0 bridgehead atoms. The fourth-order valence-electron chi connectivity index (χ4n) is 1.94. The van der Waals surface area contributed by atoms with Crippen molar-refractivity contribution in [3.63, 3.8) is 0 Å². The molecule has 0 aliphatic heterocycles. The Morgan fingerprint density at radius 1 is 1.04 bits per heavy atom. The van der Waals surface area contributed by atoms with Gasteiger partial charge in [-0.3, -0.25) is 4.79 Å². The summed E-state index contributed by atoms with van der Waals surface area (Å²) in [5.74, 6) is -1.49. The van der Waals surface area contributed by atoms with Gasteiger partial charge in [-0.1, -0.05) is 41.9 Å². The number of benzene rings is 2. The smallest absolute Gasteiger partial charge is 0.324 e. The molecule has 3 N–H and O–H groups in total. The van der Waals surface area contributed by atoms with Crippen molar-refractivity contribution in [1.82, 2.24) is 4.72 Å². The molecule has 2 aromatic rings. The Balaban J connectivity index is 2.29. The fourth-order valence-corrected chi connectivity index (χ4v) is 3.26. The Bertz CT molecular complexity index is 777. The van der Waals surface area contributed by atoms with Crippen molar-refractivity contribution >= 4 is 27.6 Å². The second-order valence-corrected chi connectivity index (χ2v) is 6.90. The number of carboxylic acids is 1. The second kappa shape index (κ2) is 7.10. The van der Waals surface area contributed by atoms with Crippen LogP contribution in [0.3, 0.4) is 0 Å². The molecule has 0 saturated carbocycles. The highest BCUT2D eigenvalue weighted by atomic mass is 35.5. The third-order valence-electron chi connectivity index (χ3n) is 3.13. The van der Waals surface area contributed by atoms with Crippen molar-refractivity contribution in [2.45, 2.75) is 17.0 Å². The van der Waals surface area contributed by atoms with Crippen molar-refractivity contribution in [2.24, 2.45) is 0 Å². The zero-order valence-electron chi connectivity index (χ0n) is 11.8. The van der Waals surface area contributed by atoms with Gasteiger partial charge in [0.1, 0.15) is 12.1 Å². The van der Waals surface area contributed by atoms with E-state index in [1.54, 1.807) is 18.2 Å². The molecule has 2 unspecified atom stereocenters. The van der Waals surface area contributed by atoms with E-state index in [-0.39, 0.29) is 4.90 Å². The van der Waals surface area contributed by atoms with Gasteiger partial charge in [-0.05, 0) is 29.8 Å². The van der Waals surface area contributed by atoms with Crippen LogP contribution in [-0.2, 0) is 14.8 Å². The number of halogens is 1. The van der Waals surface area contributed by atoms with E-state index >= 15 is 0 Å². The first kappa shape index (κ1) is 17.4. The summed E-state index contributed by atoms with van der Waals surface area (Å²) in [6.45, 7) is 0. The molecule has 0 radical (unpaired) electrons. The van der Waals surface area contributed by atoms with Crippen LogP contribution in [0.15, 0.2) is 59.5 Å². The van der Waals surface area contributed by atoms with E-state index in [4.69, 9.17) is 11.6 Å². The molecule has 23 heavy (non-hydrogen) atoms. The lowest BCUT2D eigenvalue weighted by Gasteiger charge is -2.20. The number of rotatable bonds is 6. The third-order valence-corrected chi connectivity index (χ3v) is 4.84. The summed E-state index contributed by atoms with van der Waals surface area (Å²) in [7, 11) is -4.12. The summed E-state index contributed by atoms with van der Waals surface area (Å²) in [4.78, 5) is 11.2. The molecule has 2 aromatic carbocycles. The van der Waals surface area contributed by atoms with Crippen LogP contribution >= 0.6 is 11.6 Å². The minimum absolute atomic E-state index is 0.145. The molecule has 8 heteroatoms. The highest BCUT2D eigenvalue weighted by molar-refractivity contribution is 7.89. The molecular formula is C15H14ClNO5S. The van der Waals surface area contributed by atoms with E-state index < -0.39 is 28.1 Å². The van der Waals surface area contributed by atoms with Crippen molar-refractivity contribution in [1.29, 1.82) is 0 Å². The average molecular weight is 356 g/mol. The first-order chi connectivity index (χ1) is 10.8. The van der Waals surface area contributed by atoms with E-state index in [2.05, 4.69) is 0 Å². The molecule has 2 rings (SSSR count). The van der Waals surface area contributed by atoms with Gasteiger partial charge in [0, 0.05) is 5.02 Å². The summed E-state index contributed by atoms with van der Waals surface area (Å²) in [5.41, 5.74) is 0.290. The standard InChI is InChI=1S/C15H14ClNO5S/c16-11-6-8-12(9-7-11)23(21,22)17-13(15(19)20)14(18)10-4-2-1-3-5-10/h1-9,13-14,17-18H,(H,19,20). The summed E-state index contributed by atoms with van der Waals surface area (Å²) in [5, 5.41) is 19.8. The lowest BCUT2D eigenvalue weighted by molar-refractivity contribution is -0.141. The number of sulfonamides is 1. The van der Waals surface area contributed by atoms with Crippen LogP contribution in [0.5, 0.6) is 0 Å². The van der Waals surface area contributed by atoms with Gasteiger partial charge in [0.05, 0.1) is 4.90 Å². The molecular weight excluding hydrogens is 342 g/mol. The van der Waals surface area contributed by atoms with Crippen LogP contribution in [0.4, 0.5) is 0 Å². The van der Waals surface area contributed by atoms with Crippen LogP contribution in [0.2, 0.25) is 5.02 Å². The Morgan fingerprint density at radius 2 is 1.61 bits per heavy atom. The van der Waals surface area contributed by atoms with Crippen LogP contribution in [0, 0.1) is 0 Å². The number of aliphatic hydroxyl groups excluding tert-OH is 1. The summed E-state index contributed by atoms with van der Waals surface area (Å²) in [6.07, 6.45) is -1.53. The molecule has 2 atom stereocenters. The van der Waals surface area contributed by atoms with Gasteiger partial charge in [-0.15, -0.1) is 0 Å². The van der Waals surface area contributed by atoms with Crippen LogP contribution in [0.1, 0.15) is 11.7 Å². The molecule has 0 aliphatic carbocycles. The monoisotopic (exact) mass is 355 g/mol. The second-order valence-electron chi connectivity index (χ2n) is 4.75. The van der Waals surface area contributed by atoms with Crippen LogP contribution in [-0.4, -0.2) is 30.6 Å². The van der Waals surface area contributed by atoms with E-state index in [0.717, 1.165) is 0 Å².